The molecule has 1 aliphatic carbocycles. The van der Waals surface area contributed by atoms with E-state index in [1.165, 1.54) is 5.69 Å². The van der Waals surface area contributed by atoms with E-state index in [4.69, 9.17) is 5.73 Å². The SMILES string of the molecule is NC(=O)C1(O)CN(C2CCC(c3ccccn3)CC2)C1. The third-order valence-electron chi connectivity index (χ3n) is 4.71. The quantitative estimate of drug-likeness (QED) is 0.848. The Morgan fingerprint density at radius 3 is 2.55 bits per heavy atom. The van der Waals surface area contributed by atoms with Gasteiger partial charge >= 0.3 is 0 Å². The molecular weight excluding hydrogens is 254 g/mol. The summed E-state index contributed by atoms with van der Waals surface area (Å²) in [5, 5.41) is 9.89. The highest BCUT2D eigenvalue weighted by atomic mass is 16.3. The van der Waals surface area contributed by atoms with Gasteiger partial charge in [-0.05, 0) is 37.8 Å². The van der Waals surface area contributed by atoms with Crippen LogP contribution >= 0.6 is 0 Å². The van der Waals surface area contributed by atoms with Crippen LogP contribution in [0.15, 0.2) is 24.4 Å². The van der Waals surface area contributed by atoms with Crippen LogP contribution in [0.1, 0.15) is 37.3 Å². The summed E-state index contributed by atoms with van der Waals surface area (Å²) < 4.78 is 0. The number of aromatic nitrogens is 1. The van der Waals surface area contributed by atoms with Crippen molar-refractivity contribution in [1.29, 1.82) is 0 Å². The van der Waals surface area contributed by atoms with Crippen molar-refractivity contribution >= 4 is 5.91 Å². The average Bonchev–Trinajstić information content (AvgIpc) is 2.45. The second-order valence-corrected chi connectivity index (χ2v) is 6.06. The van der Waals surface area contributed by atoms with Crippen LogP contribution in [-0.4, -0.2) is 45.6 Å². The van der Waals surface area contributed by atoms with Crippen molar-refractivity contribution in [1.82, 2.24) is 9.88 Å². The maximum Gasteiger partial charge on any atom is 0.252 e. The number of nitrogens with two attached hydrogens (primary N) is 1. The summed E-state index contributed by atoms with van der Waals surface area (Å²) in [6.07, 6.45) is 6.27. The molecule has 3 rings (SSSR count). The Labute approximate surface area is 118 Å². The second-order valence-electron chi connectivity index (χ2n) is 6.06. The number of hydrogen-bond donors (Lipinski definition) is 2. The van der Waals surface area contributed by atoms with Crippen molar-refractivity contribution in [2.75, 3.05) is 13.1 Å². The van der Waals surface area contributed by atoms with Gasteiger partial charge in [-0.3, -0.25) is 14.7 Å². The van der Waals surface area contributed by atoms with Crippen molar-refractivity contribution in [3.05, 3.63) is 30.1 Å². The molecule has 1 saturated heterocycles. The lowest BCUT2D eigenvalue weighted by molar-refractivity contribution is -0.161. The molecule has 0 unspecified atom stereocenters. The minimum atomic E-state index is -1.29. The van der Waals surface area contributed by atoms with E-state index in [0.717, 1.165) is 25.7 Å². The molecule has 2 fully saturated rings. The summed E-state index contributed by atoms with van der Waals surface area (Å²) in [6, 6.07) is 6.55. The van der Waals surface area contributed by atoms with E-state index >= 15 is 0 Å². The standard InChI is InChI=1S/C15H21N3O2/c16-14(19)15(20)9-18(10-15)12-6-4-11(5-7-12)13-3-1-2-8-17-13/h1-3,8,11-12,20H,4-7,9-10H2,(H2,16,19). The molecule has 5 heteroatoms. The van der Waals surface area contributed by atoms with E-state index in [1.54, 1.807) is 0 Å². The van der Waals surface area contributed by atoms with Crippen LogP contribution in [0.2, 0.25) is 0 Å². The third kappa shape index (κ3) is 2.43. The number of hydrogen-bond acceptors (Lipinski definition) is 4. The monoisotopic (exact) mass is 275 g/mol. The van der Waals surface area contributed by atoms with Crippen LogP contribution in [0, 0.1) is 0 Å². The van der Waals surface area contributed by atoms with E-state index in [0.29, 0.717) is 25.0 Å². The topological polar surface area (TPSA) is 79.5 Å². The fourth-order valence-electron chi connectivity index (χ4n) is 3.39. The van der Waals surface area contributed by atoms with Gasteiger partial charge in [-0.25, -0.2) is 0 Å². The third-order valence-corrected chi connectivity index (χ3v) is 4.71. The second kappa shape index (κ2) is 5.14. The predicted octanol–water partition coefficient (Wildman–Crippen LogP) is 0.640. The van der Waals surface area contributed by atoms with Crippen molar-refractivity contribution in [2.45, 2.75) is 43.2 Å². The first-order chi connectivity index (χ1) is 9.58. The Hall–Kier alpha value is -1.46. The summed E-state index contributed by atoms with van der Waals surface area (Å²) >= 11 is 0. The van der Waals surface area contributed by atoms with Gasteiger partial charge in [0, 0.05) is 36.9 Å². The van der Waals surface area contributed by atoms with E-state index in [9.17, 15) is 9.90 Å². The molecule has 108 valence electrons. The van der Waals surface area contributed by atoms with Crippen LogP contribution < -0.4 is 5.73 Å². The molecule has 1 aliphatic heterocycles. The summed E-state index contributed by atoms with van der Waals surface area (Å²) in [4.78, 5) is 17.7. The van der Waals surface area contributed by atoms with Gasteiger partial charge in [0.15, 0.2) is 5.60 Å². The molecule has 2 heterocycles. The molecule has 0 spiro atoms. The van der Waals surface area contributed by atoms with Gasteiger partial charge in [0.2, 0.25) is 0 Å². The van der Waals surface area contributed by atoms with Gasteiger partial charge < -0.3 is 10.8 Å². The van der Waals surface area contributed by atoms with E-state index < -0.39 is 11.5 Å². The zero-order valence-electron chi connectivity index (χ0n) is 11.5. The normalized spacial score (nSPS) is 29.6. The first-order valence-corrected chi connectivity index (χ1v) is 7.26. The molecule has 1 aromatic rings. The number of aliphatic hydroxyl groups is 1. The number of rotatable bonds is 3. The van der Waals surface area contributed by atoms with Gasteiger partial charge in [-0.1, -0.05) is 6.07 Å². The molecule has 2 aliphatic rings. The van der Waals surface area contributed by atoms with E-state index in [1.807, 2.05) is 18.3 Å². The lowest BCUT2D eigenvalue weighted by atomic mass is 9.80. The maximum atomic E-state index is 11.1. The molecule has 0 atom stereocenters. The molecule has 0 radical (unpaired) electrons. The molecule has 1 saturated carbocycles. The zero-order valence-corrected chi connectivity index (χ0v) is 11.5. The molecule has 5 nitrogen and oxygen atoms in total. The largest absolute Gasteiger partial charge is 0.377 e. The van der Waals surface area contributed by atoms with Gasteiger partial charge in [0.25, 0.3) is 5.91 Å². The van der Waals surface area contributed by atoms with Gasteiger partial charge in [0.05, 0.1) is 0 Å². The summed E-state index contributed by atoms with van der Waals surface area (Å²) in [7, 11) is 0. The summed E-state index contributed by atoms with van der Waals surface area (Å²) in [5.74, 6) is -0.0559. The number of pyridine rings is 1. The molecule has 1 aromatic heterocycles. The van der Waals surface area contributed by atoms with Gasteiger partial charge in [0.1, 0.15) is 0 Å². The highest BCUT2D eigenvalue weighted by Crippen LogP contribution is 2.36. The van der Waals surface area contributed by atoms with E-state index in [-0.39, 0.29) is 0 Å². The van der Waals surface area contributed by atoms with Gasteiger partial charge in [-0.15, -0.1) is 0 Å². The first-order valence-electron chi connectivity index (χ1n) is 7.26. The molecule has 1 amide bonds. The predicted molar refractivity (Wildman–Crippen MR) is 75.0 cm³/mol. The van der Waals surface area contributed by atoms with Crippen molar-refractivity contribution in [3.8, 4) is 0 Å². The number of likely N-dealkylation sites (tertiary alicyclic amines) is 1. The van der Waals surface area contributed by atoms with Crippen LogP contribution in [0.5, 0.6) is 0 Å². The Balaban J connectivity index is 1.52. The van der Waals surface area contributed by atoms with Crippen LogP contribution in [0.3, 0.4) is 0 Å². The van der Waals surface area contributed by atoms with Crippen LogP contribution in [0.25, 0.3) is 0 Å². The first kappa shape index (κ1) is 13.5. The minimum absolute atomic E-state index is 0.390. The molecule has 0 aromatic carbocycles. The number of carbonyl (C=O) groups excluding carboxylic acids is 1. The maximum absolute atomic E-state index is 11.1. The van der Waals surface area contributed by atoms with E-state index in [2.05, 4.69) is 16.0 Å². The molecular formula is C15H21N3O2. The van der Waals surface area contributed by atoms with Crippen molar-refractivity contribution in [2.24, 2.45) is 5.73 Å². The molecule has 20 heavy (non-hydrogen) atoms. The van der Waals surface area contributed by atoms with Crippen molar-refractivity contribution < 1.29 is 9.90 Å². The van der Waals surface area contributed by atoms with Crippen LogP contribution in [-0.2, 0) is 4.79 Å². The Bertz CT molecular complexity index is 477. The number of β-amino-alcohol motifs (C(OH)–C–C–N with tert-alkyl or cyclic N) is 1. The zero-order chi connectivity index (χ0) is 14.2. The lowest BCUT2D eigenvalue weighted by Crippen LogP contribution is -2.70. The smallest absolute Gasteiger partial charge is 0.252 e. The highest BCUT2D eigenvalue weighted by Gasteiger charge is 2.48. The number of primary amides is 1. The average molecular weight is 275 g/mol. The highest BCUT2D eigenvalue weighted by molar-refractivity contribution is 5.84. The molecule has 0 bridgehead atoms. The summed E-state index contributed by atoms with van der Waals surface area (Å²) in [6.45, 7) is 0.780. The Kier molecular flexibility index (Phi) is 3.48. The Morgan fingerprint density at radius 2 is 2.00 bits per heavy atom. The van der Waals surface area contributed by atoms with Crippen molar-refractivity contribution in [3.63, 3.8) is 0 Å². The summed E-state index contributed by atoms with van der Waals surface area (Å²) in [5.41, 5.74) is 5.09. The minimum Gasteiger partial charge on any atom is -0.377 e. The number of carbonyl (C=O) groups is 1. The number of amides is 1. The lowest BCUT2D eigenvalue weighted by Gasteiger charge is -2.49. The Morgan fingerprint density at radius 1 is 1.30 bits per heavy atom. The van der Waals surface area contributed by atoms with Gasteiger partial charge in [-0.2, -0.15) is 0 Å². The fraction of sp³-hybridized carbons (Fsp3) is 0.600. The number of nitrogens with zero attached hydrogens (tertiary/aromatic N) is 2. The molecule has 3 N–H and O–H groups in total. The fourth-order valence-corrected chi connectivity index (χ4v) is 3.39. The van der Waals surface area contributed by atoms with Crippen LogP contribution in [0.4, 0.5) is 0 Å².